The molecule has 0 aliphatic carbocycles. The highest BCUT2D eigenvalue weighted by Gasteiger charge is 2.19. The molecule has 0 aromatic heterocycles. The lowest BCUT2D eigenvalue weighted by Gasteiger charge is -2.29. The molecule has 160 valence electrons. The molecule has 0 bridgehead atoms. The molecule has 0 unspecified atom stereocenters. The Morgan fingerprint density at radius 1 is 1.20 bits per heavy atom. The van der Waals surface area contributed by atoms with Gasteiger partial charge in [0.1, 0.15) is 5.82 Å². The highest BCUT2D eigenvalue weighted by Crippen LogP contribution is 2.19. The van der Waals surface area contributed by atoms with Crippen LogP contribution in [0.5, 0.6) is 0 Å². The van der Waals surface area contributed by atoms with Crippen molar-refractivity contribution in [2.45, 2.75) is 39.3 Å². The summed E-state index contributed by atoms with van der Waals surface area (Å²) in [5.74, 6) is 0.723. The van der Waals surface area contributed by atoms with E-state index in [1.807, 2.05) is 35.9 Å². The number of carbonyl (C=O) groups excluding carboxylic acids is 1. The van der Waals surface area contributed by atoms with Crippen molar-refractivity contribution in [3.63, 3.8) is 0 Å². The van der Waals surface area contributed by atoms with Gasteiger partial charge in [0.15, 0.2) is 5.96 Å². The van der Waals surface area contributed by atoms with Gasteiger partial charge in [-0.05, 0) is 48.6 Å². The minimum atomic E-state index is -0.235. The van der Waals surface area contributed by atoms with Crippen LogP contribution in [0.25, 0.3) is 0 Å². The quantitative estimate of drug-likeness (QED) is 0.431. The van der Waals surface area contributed by atoms with Crippen LogP contribution in [-0.4, -0.2) is 48.3 Å². The molecular weight excluding hydrogens is 379 g/mol. The Hall–Kier alpha value is -2.89. The number of nitrogens with one attached hydrogen (secondary N) is 1. The molecule has 0 radical (unpaired) electrons. The van der Waals surface area contributed by atoms with Gasteiger partial charge in [0.2, 0.25) is 5.91 Å². The fourth-order valence-corrected chi connectivity index (χ4v) is 3.74. The largest absolute Gasteiger partial charge is 0.357 e. The Morgan fingerprint density at radius 3 is 2.77 bits per heavy atom. The van der Waals surface area contributed by atoms with Gasteiger partial charge in [0, 0.05) is 46.2 Å². The number of nitrogens with zero attached hydrogens (tertiary/aromatic N) is 3. The third-order valence-electron chi connectivity index (χ3n) is 5.30. The van der Waals surface area contributed by atoms with Gasteiger partial charge in [-0.25, -0.2) is 4.39 Å². The maximum Gasteiger partial charge on any atom is 0.222 e. The highest BCUT2D eigenvalue weighted by molar-refractivity contribution is 5.80. The Balaban J connectivity index is 1.49. The summed E-state index contributed by atoms with van der Waals surface area (Å²) in [6, 6.07) is 14.9. The van der Waals surface area contributed by atoms with Crippen molar-refractivity contribution in [2.24, 2.45) is 4.99 Å². The second-order valence-corrected chi connectivity index (χ2v) is 7.66. The number of benzene rings is 2. The van der Waals surface area contributed by atoms with Crippen LogP contribution in [0.1, 0.15) is 36.5 Å². The summed E-state index contributed by atoms with van der Waals surface area (Å²) in [6.45, 7) is 5.40. The van der Waals surface area contributed by atoms with Gasteiger partial charge in [-0.2, -0.15) is 0 Å². The number of rotatable bonds is 7. The molecule has 1 heterocycles. The van der Waals surface area contributed by atoms with E-state index in [4.69, 9.17) is 0 Å². The van der Waals surface area contributed by atoms with E-state index in [2.05, 4.69) is 28.5 Å². The fraction of sp³-hybridized carbons (Fsp3) is 0.417. The molecule has 0 spiro atoms. The van der Waals surface area contributed by atoms with Crippen LogP contribution in [0.15, 0.2) is 53.5 Å². The van der Waals surface area contributed by atoms with Gasteiger partial charge in [0.25, 0.3) is 0 Å². The lowest BCUT2D eigenvalue weighted by Crippen LogP contribution is -2.38. The van der Waals surface area contributed by atoms with Gasteiger partial charge < -0.3 is 15.1 Å². The number of fused-ring (bicyclic) bond motifs is 1. The Kier molecular flexibility index (Phi) is 7.82. The number of carbonyl (C=O) groups is 1. The number of hydrogen-bond acceptors (Lipinski definition) is 2. The third-order valence-corrected chi connectivity index (χ3v) is 5.30. The van der Waals surface area contributed by atoms with Gasteiger partial charge in [-0.1, -0.05) is 36.4 Å². The predicted octanol–water partition coefficient (Wildman–Crippen LogP) is 3.59. The predicted molar refractivity (Wildman–Crippen MR) is 119 cm³/mol. The standard InChI is InChI=1S/C24H31FN4O/c1-3-26-24(28(2)17-19-8-6-11-22(25)16-19)27-14-7-12-23(30)29-15-13-20-9-4-5-10-21(20)18-29/h4-6,8-11,16H,3,7,12-15,17-18H2,1-2H3,(H,26,27). The zero-order chi connectivity index (χ0) is 21.3. The molecule has 2 aromatic rings. The molecule has 1 aliphatic heterocycles. The molecule has 5 nitrogen and oxygen atoms in total. The first-order valence-corrected chi connectivity index (χ1v) is 10.6. The van der Waals surface area contributed by atoms with Crippen molar-refractivity contribution in [1.82, 2.24) is 15.1 Å². The van der Waals surface area contributed by atoms with Crippen LogP contribution in [0.2, 0.25) is 0 Å². The van der Waals surface area contributed by atoms with Crippen molar-refractivity contribution in [2.75, 3.05) is 26.7 Å². The van der Waals surface area contributed by atoms with E-state index in [1.165, 1.54) is 23.3 Å². The smallest absolute Gasteiger partial charge is 0.222 e. The van der Waals surface area contributed by atoms with Crippen molar-refractivity contribution < 1.29 is 9.18 Å². The summed E-state index contributed by atoms with van der Waals surface area (Å²) < 4.78 is 13.4. The molecule has 1 amide bonds. The molecule has 0 atom stereocenters. The lowest BCUT2D eigenvalue weighted by molar-refractivity contribution is -0.132. The van der Waals surface area contributed by atoms with E-state index < -0.39 is 0 Å². The molecule has 1 aliphatic rings. The van der Waals surface area contributed by atoms with Crippen LogP contribution in [0.4, 0.5) is 4.39 Å². The Labute approximate surface area is 178 Å². The minimum Gasteiger partial charge on any atom is -0.357 e. The number of amides is 1. The molecule has 6 heteroatoms. The molecule has 0 fully saturated rings. The maximum atomic E-state index is 13.4. The topological polar surface area (TPSA) is 47.9 Å². The zero-order valence-corrected chi connectivity index (χ0v) is 17.9. The summed E-state index contributed by atoms with van der Waals surface area (Å²) in [5.41, 5.74) is 3.50. The van der Waals surface area contributed by atoms with E-state index in [-0.39, 0.29) is 11.7 Å². The van der Waals surface area contributed by atoms with Gasteiger partial charge in [-0.3, -0.25) is 9.79 Å². The summed E-state index contributed by atoms with van der Waals surface area (Å²) in [4.78, 5) is 21.2. The van der Waals surface area contributed by atoms with Crippen molar-refractivity contribution in [1.29, 1.82) is 0 Å². The van der Waals surface area contributed by atoms with Gasteiger partial charge in [-0.15, -0.1) is 0 Å². The van der Waals surface area contributed by atoms with Crippen LogP contribution in [0, 0.1) is 5.82 Å². The Morgan fingerprint density at radius 2 is 2.00 bits per heavy atom. The summed E-state index contributed by atoms with van der Waals surface area (Å²) in [7, 11) is 1.93. The van der Waals surface area contributed by atoms with Crippen molar-refractivity contribution in [3.8, 4) is 0 Å². The van der Waals surface area contributed by atoms with Crippen LogP contribution in [-0.2, 0) is 24.3 Å². The van der Waals surface area contributed by atoms with E-state index in [0.29, 0.717) is 32.5 Å². The first-order valence-electron chi connectivity index (χ1n) is 10.6. The monoisotopic (exact) mass is 410 g/mol. The van der Waals surface area contributed by atoms with E-state index >= 15 is 0 Å². The average Bonchev–Trinajstić information content (AvgIpc) is 2.75. The number of hydrogen-bond donors (Lipinski definition) is 1. The normalized spacial score (nSPS) is 13.7. The number of halogens is 1. The molecule has 2 aromatic carbocycles. The first-order chi connectivity index (χ1) is 14.6. The number of aliphatic imine (C=N–C) groups is 1. The molecule has 0 saturated heterocycles. The lowest BCUT2D eigenvalue weighted by atomic mass is 9.99. The second-order valence-electron chi connectivity index (χ2n) is 7.66. The molecule has 3 rings (SSSR count). The average molecular weight is 411 g/mol. The van der Waals surface area contributed by atoms with Gasteiger partial charge >= 0.3 is 0 Å². The highest BCUT2D eigenvalue weighted by atomic mass is 19.1. The fourth-order valence-electron chi connectivity index (χ4n) is 3.74. The molecule has 0 saturated carbocycles. The van der Waals surface area contributed by atoms with Crippen LogP contribution >= 0.6 is 0 Å². The van der Waals surface area contributed by atoms with E-state index in [0.717, 1.165) is 31.0 Å². The minimum absolute atomic E-state index is 0.192. The summed E-state index contributed by atoms with van der Waals surface area (Å²) in [5, 5.41) is 3.27. The van der Waals surface area contributed by atoms with Crippen molar-refractivity contribution >= 4 is 11.9 Å². The second kappa shape index (κ2) is 10.8. The zero-order valence-electron chi connectivity index (χ0n) is 17.9. The molecular formula is C24H31FN4O. The maximum absolute atomic E-state index is 13.4. The van der Waals surface area contributed by atoms with E-state index in [1.54, 1.807) is 6.07 Å². The summed E-state index contributed by atoms with van der Waals surface area (Å²) in [6.07, 6.45) is 2.13. The van der Waals surface area contributed by atoms with Crippen molar-refractivity contribution in [3.05, 3.63) is 71.0 Å². The third kappa shape index (κ3) is 6.05. The van der Waals surface area contributed by atoms with E-state index in [9.17, 15) is 9.18 Å². The van der Waals surface area contributed by atoms with Crippen LogP contribution in [0.3, 0.4) is 0 Å². The molecule has 30 heavy (non-hydrogen) atoms. The number of guanidine groups is 1. The van der Waals surface area contributed by atoms with Gasteiger partial charge in [0.05, 0.1) is 0 Å². The SMILES string of the molecule is CCNC(=NCCCC(=O)N1CCc2ccccc2C1)N(C)Cc1cccc(F)c1. The Bertz CT molecular complexity index is 883. The first kappa shape index (κ1) is 21.8. The van der Waals surface area contributed by atoms with Crippen LogP contribution < -0.4 is 5.32 Å². The summed E-state index contributed by atoms with van der Waals surface area (Å²) >= 11 is 0. The molecule has 1 N–H and O–H groups in total.